The summed E-state index contributed by atoms with van der Waals surface area (Å²) in [4.78, 5) is 0. The third kappa shape index (κ3) is 2.36. The largest absolute Gasteiger partial charge is 0.485 e. The van der Waals surface area contributed by atoms with Gasteiger partial charge in [0.2, 0.25) is 0 Å². The van der Waals surface area contributed by atoms with Gasteiger partial charge in [-0.05, 0) is 28.1 Å². The van der Waals surface area contributed by atoms with Crippen molar-refractivity contribution in [2.45, 2.75) is 6.61 Å². The molecule has 0 saturated heterocycles. The number of anilines is 1. The van der Waals surface area contributed by atoms with Crippen LogP contribution in [0, 0.1) is 0 Å². The number of halogens is 1. The van der Waals surface area contributed by atoms with E-state index in [-0.39, 0.29) is 0 Å². The maximum atomic E-state index is 5.81. The third-order valence-electron chi connectivity index (χ3n) is 2.14. The summed E-state index contributed by atoms with van der Waals surface area (Å²) in [5.41, 5.74) is 7.45. The van der Waals surface area contributed by atoms with E-state index in [9.17, 15) is 0 Å². The van der Waals surface area contributed by atoms with Crippen LogP contribution in [0.2, 0.25) is 0 Å². The molecule has 0 radical (unpaired) electrons. The number of para-hydroxylation sites is 1. The molecule has 0 fully saturated rings. The van der Waals surface area contributed by atoms with Gasteiger partial charge in [0, 0.05) is 18.8 Å². The van der Waals surface area contributed by atoms with Crippen molar-refractivity contribution in [3.63, 3.8) is 0 Å². The molecule has 1 aromatic carbocycles. The molecular formula is C11H12BrN3O. The average Bonchev–Trinajstić information content (AvgIpc) is 2.63. The van der Waals surface area contributed by atoms with Crippen molar-refractivity contribution >= 4 is 21.6 Å². The Morgan fingerprint density at radius 2 is 2.31 bits per heavy atom. The molecule has 2 rings (SSSR count). The number of nitrogen functional groups attached to an aromatic ring is 1. The fraction of sp³-hybridized carbons (Fsp3) is 0.182. The third-order valence-corrected chi connectivity index (χ3v) is 2.76. The molecule has 0 atom stereocenters. The first-order valence-corrected chi connectivity index (χ1v) is 5.60. The number of ether oxygens (including phenoxy) is 1. The number of rotatable bonds is 3. The molecule has 2 N–H and O–H groups in total. The first kappa shape index (κ1) is 11.0. The van der Waals surface area contributed by atoms with Gasteiger partial charge in [-0.1, -0.05) is 6.07 Å². The number of hydrogen-bond donors (Lipinski definition) is 1. The molecule has 0 aliphatic carbocycles. The van der Waals surface area contributed by atoms with E-state index in [1.54, 1.807) is 10.9 Å². The van der Waals surface area contributed by atoms with Gasteiger partial charge in [0.1, 0.15) is 6.61 Å². The van der Waals surface area contributed by atoms with Gasteiger partial charge in [-0.3, -0.25) is 4.68 Å². The molecule has 16 heavy (non-hydrogen) atoms. The van der Waals surface area contributed by atoms with Gasteiger partial charge in [0.25, 0.3) is 0 Å². The van der Waals surface area contributed by atoms with Gasteiger partial charge >= 0.3 is 0 Å². The quantitative estimate of drug-likeness (QED) is 0.879. The topological polar surface area (TPSA) is 53.1 Å². The van der Waals surface area contributed by atoms with Crippen molar-refractivity contribution in [1.82, 2.24) is 9.78 Å². The zero-order chi connectivity index (χ0) is 11.5. The van der Waals surface area contributed by atoms with Gasteiger partial charge < -0.3 is 10.5 Å². The highest BCUT2D eigenvalue weighted by Gasteiger charge is 2.06. The average molecular weight is 282 g/mol. The van der Waals surface area contributed by atoms with E-state index >= 15 is 0 Å². The van der Waals surface area contributed by atoms with Crippen LogP contribution in [-0.4, -0.2) is 9.78 Å². The molecule has 0 aliphatic heterocycles. The number of benzene rings is 1. The molecular weight excluding hydrogens is 270 g/mol. The highest BCUT2D eigenvalue weighted by Crippen LogP contribution is 2.31. The van der Waals surface area contributed by atoms with E-state index in [1.807, 2.05) is 31.4 Å². The van der Waals surface area contributed by atoms with Crippen LogP contribution in [0.1, 0.15) is 5.56 Å². The van der Waals surface area contributed by atoms with Crippen LogP contribution < -0.4 is 10.5 Å². The predicted octanol–water partition coefficient (Wildman–Crippen LogP) is 2.34. The van der Waals surface area contributed by atoms with Gasteiger partial charge in [0.05, 0.1) is 16.4 Å². The van der Waals surface area contributed by atoms with Crippen molar-refractivity contribution in [2.75, 3.05) is 5.73 Å². The molecule has 4 nitrogen and oxygen atoms in total. The fourth-order valence-corrected chi connectivity index (χ4v) is 1.88. The summed E-state index contributed by atoms with van der Waals surface area (Å²) in [5.74, 6) is 0.673. The van der Waals surface area contributed by atoms with Gasteiger partial charge in [0.15, 0.2) is 5.75 Å². The molecule has 84 valence electrons. The minimum Gasteiger partial charge on any atom is -0.485 e. The molecule has 5 heteroatoms. The fourth-order valence-electron chi connectivity index (χ4n) is 1.38. The van der Waals surface area contributed by atoms with E-state index in [4.69, 9.17) is 10.5 Å². The summed E-state index contributed by atoms with van der Waals surface area (Å²) in [6.07, 6.45) is 3.68. The maximum absolute atomic E-state index is 5.81. The lowest BCUT2D eigenvalue weighted by atomic mass is 10.3. The maximum Gasteiger partial charge on any atom is 0.156 e. The molecule has 1 aromatic heterocycles. The smallest absolute Gasteiger partial charge is 0.156 e. The lowest BCUT2D eigenvalue weighted by Crippen LogP contribution is -1.98. The SMILES string of the molecule is Cn1cc(COc2c(N)cccc2Br)cn1. The van der Waals surface area contributed by atoms with Crippen LogP contribution >= 0.6 is 15.9 Å². The lowest BCUT2D eigenvalue weighted by molar-refractivity contribution is 0.306. The van der Waals surface area contributed by atoms with E-state index in [0.29, 0.717) is 18.0 Å². The Bertz CT molecular complexity index is 475. The molecule has 0 amide bonds. The van der Waals surface area contributed by atoms with Crippen molar-refractivity contribution in [3.8, 4) is 5.75 Å². The first-order valence-electron chi connectivity index (χ1n) is 4.81. The van der Waals surface area contributed by atoms with Crippen molar-refractivity contribution < 1.29 is 4.74 Å². The highest BCUT2D eigenvalue weighted by atomic mass is 79.9. The van der Waals surface area contributed by atoms with Crippen molar-refractivity contribution in [2.24, 2.45) is 7.05 Å². The second-order valence-electron chi connectivity index (χ2n) is 3.47. The zero-order valence-corrected chi connectivity index (χ0v) is 10.4. The van der Waals surface area contributed by atoms with Gasteiger partial charge in [-0.2, -0.15) is 5.10 Å². The molecule has 0 bridgehead atoms. The van der Waals surface area contributed by atoms with Crippen LogP contribution in [0.3, 0.4) is 0 Å². The number of hydrogen-bond acceptors (Lipinski definition) is 3. The van der Waals surface area contributed by atoms with Crippen molar-refractivity contribution in [3.05, 3.63) is 40.6 Å². The first-order chi connectivity index (χ1) is 7.66. The number of nitrogens with two attached hydrogens (primary N) is 1. The zero-order valence-electron chi connectivity index (χ0n) is 8.85. The van der Waals surface area contributed by atoms with Crippen molar-refractivity contribution in [1.29, 1.82) is 0 Å². The molecule has 0 aliphatic rings. The molecule has 2 aromatic rings. The van der Waals surface area contributed by atoms with Crippen LogP contribution in [0.15, 0.2) is 35.1 Å². The minimum atomic E-state index is 0.459. The summed E-state index contributed by atoms with van der Waals surface area (Å²) >= 11 is 3.40. The normalized spacial score (nSPS) is 10.4. The van der Waals surface area contributed by atoms with Gasteiger partial charge in [-0.25, -0.2) is 0 Å². The van der Waals surface area contributed by atoms with Crippen LogP contribution in [0.5, 0.6) is 5.75 Å². The highest BCUT2D eigenvalue weighted by molar-refractivity contribution is 9.10. The number of aryl methyl sites for hydroxylation is 1. The van der Waals surface area contributed by atoms with Gasteiger partial charge in [-0.15, -0.1) is 0 Å². The van der Waals surface area contributed by atoms with Crippen LogP contribution in [0.4, 0.5) is 5.69 Å². The van der Waals surface area contributed by atoms with Crippen LogP contribution in [-0.2, 0) is 13.7 Å². The Kier molecular flexibility index (Phi) is 3.14. The molecule has 0 spiro atoms. The monoisotopic (exact) mass is 281 g/mol. The number of nitrogens with zero attached hydrogens (tertiary/aromatic N) is 2. The summed E-state index contributed by atoms with van der Waals surface area (Å²) in [6, 6.07) is 5.58. The second kappa shape index (κ2) is 4.57. The lowest BCUT2D eigenvalue weighted by Gasteiger charge is -2.09. The van der Waals surface area contributed by atoms with E-state index in [2.05, 4.69) is 21.0 Å². The second-order valence-corrected chi connectivity index (χ2v) is 4.32. The summed E-state index contributed by atoms with van der Waals surface area (Å²) in [7, 11) is 1.87. The summed E-state index contributed by atoms with van der Waals surface area (Å²) in [6.45, 7) is 0.459. The van der Waals surface area contributed by atoms with E-state index in [1.165, 1.54) is 0 Å². The Balaban J connectivity index is 2.10. The summed E-state index contributed by atoms with van der Waals surface area (Å²) < 4.78 is 8.24. The summed E-state index contributed by atoms with van der Waals surface area (Å²) in [5, 5.41) is 4.07. The van der Waals surface area contributed by atoms with E-state index in [0.717, 1.165) is 10.0 Å². The predicted molar refractivity (Wildman–Crippen MR) is 66.1 cm³/mol. The van der Waals surface area contributed by atoms with E-state index < -0.39 is 0 Å². The molecule has 0 unspecified atom stereocenters. The Hall–Kier alpha value is -1.49. The Labute approximate surface area is 102 Å². The number of aromatic nitrogens is 2. The molecule has 1 heterocycles. The Morgan fingerprint density at radius 1 is 1.50 bits per heavy atom. The standard InChI is InChI=1S/C11H12BrN3O/c1-15-6-8(5-14-15)7-16-11-9(12)3-2-4-10(11)13/h2-6H,7,13H2,1H3. The Morgan fingerprint density at radius 3 is 2.94 bits per heavy atom. The minimum absolute atomic E-state index is 0.459. The molecule has 0 saturated carbocycles. The van der Waals surface area contributed by atoms with Crippen LogP contribution in [0.25, 0.3) is 0 Å².